The second-order valence-electron chi connectivity index (χ2n) is 5.81. The first-order valence-electron chi connectivity index (χ1n) is 7.41. The van der Waals surface area contributed by atoms with Crippen LogP contribution in [-0.2, 0) is 0 Å². The summed E-state index contributed by atoms with van der Waals surface area (Å²) in [5.74, 6) is 0. The van der Waals surface area contributed by atoms with Crippen LogP contribution in [0.15, 0.2) is 24.4 Å². The quantitative estimate of drug-likeness (QED) is 0.895. The van der Waals surface area contributed by atoms with Crippen LogP contribution >= 0.6 is 11.6 Å². The van der Waals surface area contributed by atoms with E-state index in [0.717, 1.165) is 48.1 Å². The molecular formula is C16H21ClN4. The average molecular weight is 305 g/mol. The third kappa shape index (κ3) is 2.71. The van der Waals surface area contributed by atoms with Crippen LogP contribution in [0.1, 0.15) is 31.4 Å². The Hall–Kier alpha value is -1.36. The summed E-state index contributed by atoms with van der Waals surface area (Å²) < 4.78 is 0. The van der Waals surface area contributed by atoms with Gasteiger partial charge in [0.25, 0.3) is 0 Å². The van der Waals surface area contributed by atoms with E-state index in [1.54, 1.807) is 0 Å². The number of fused-ring (bicyclic) bond motifs is 1. The first-order chi connectivity index (χ1) is 10.1. The van der Waals surface area contributed by atoms with Gasteiger partial charge in [-0.25, -0.2) is 0 Å². The maximum absolute atomic E-state index is 6.41. The van der Waals surface area contributed by atoms with E-state index >= 15 is 0 Å². The molecule has 1 aliphatic heterocycles. The van der Waals surface area contributed by atoms with E-state index in [4.69, 9.17) is 23.1 Å². The molecule has 0 amide bonds. The van der Waals surface area contributed by atoms with Gasteiger partial charge in [-0.15, -0.1) is 0 Å². The molecule has 4 nitrogen and oxygen atoms in total. The molecule has 1 aromatic carbocycles. The van der Waals surface area contributed by atoms with Crippen molar-refractivity contribution in [2.24, 2.45) is 11.5 Å². The van der Waals surface area contributed by atoms with Gasteiger partial charge in [0.2, 0.25) is 0 Å². The SMILES string of the molecule is CC(N)c1cc(Cl)c2cccnc2c1N1CCC(N)CC1. The zero-order chi connectivity index (χ0) is 15.0. The number of pyridine rings is 1. The molecule has 1 atom stereocenters. The summed E-state index contributed by atoms with van der Waals surface area (Å²) >= 11 is 6.41. The maximum Gasteiger partial charge on any atom is 0.0953 e. The predicted octanol–water partition coefficient (Wildman–Crippen LogP) is 2.84. The van der Waals surface area contributed by atoms with E-state index in [-0.39, 0.29) is 6.04 Å². The number of piperidine rings is 1. The molecule has 0 spiro atoms. The van der Waals surface area contributed by atoms with E-state index < -0.39 is 0 Å². The molecule has 4 N–H and O–H groups in total. The highest BCUT2D eigenvalue weighted by Crippen LogP contribution is 2.37. The van der Waals surface area contributed by atoms with Gasteiger partial charge >= 0.3 is 0 Å². The lowest BCUT2D eigenvalue weighted by Gasteiger charge is -2.34. The molecular weight excluding hydrogens is 284 g/mol. The van der Waals surface area contributed by atoms with E-state index in [1.807, 2.05) is 31.3 Å². The second kappa shape index (κ2) is 5.79. The van der Waals surface area contributed by atoms with Crippen LogP contribution in [0.25, 0.3) is 10.9 Å². The highest BCUT2D eigenvalue weighted by molar-refractivity contribution is 6.36. The largest absolute Gasteiger partial charge is 0.369 e. The summed E-state index contributed by atoms with van der Waals surface area (Å²) in [7, 11) is 0. The van der Waals surface area contributed by atoms with Gasteiger partial charge < -0.3 is 16.4 Å². The lowest BCUT2D eigenvalue weighted by Crippen LogP contribution is -2.40. The molecule has 2 aromatic rings. The number of hydrogen-bond donors (Lipinski definition) is 2. The van der Waals surface area contributed by atoms with Crippen molar-refractivity contribution in [2.45, 2.75) is 31.8 Å². The van der Waals surface area contributed by atoms with Crippen LogP contribution in [0.2, 0.25) is 5.02 Å². The van der Waals surface area contributed by atoms with Crippen molar-refractivity contribution in [3.63, 3.8) is 0 Å². The molecule has 0 saturated carbocycles. The van der Waals surface area contributed by atoms with Crippen LogP contribution in [0.4, 0.5) is 5.69 Å². The smallest absolute Gasteiger partial charge is 0.0953 e. The van der Waals surface area contributed by atoms with Crippen LogP contribution in [-0.4, -0.2) is 24.1 Å². The van der Waals surface area contributed by atoms with E-state index in [1.165, 1.54) is 0 Å². The highest BCUT2D eigenvalue weighted by Gasteiger charge is 2.23. The molecule has 5 heteroatoms. The standard InChI is InChI=1S/C16H21ClN4/c1-10(18)13-9-14(17)12-3-2-6-20-15(12)16(13)21-7-4-11(19)5-8-21/h2-3,6,9-11H,4-5,7-8,18-19H2,1H3. The average Bonchev–Trinajstić information content (AvgIpc) is 2.48. The molecule has 2 heterocycles. The molecule has 1 aromatic heterocycles. The zero-order valence-electron chi connectivity index (χ0n) is 12.2. The molecule has 21 heavy (non-hydrogen) atoms. The summed E-state index contributed by atoms with van der Waals surface area (Å²) in [6.07, 6.45) is 3.80. The Morgan fingerprint density at radius 1 is 1.38 bits per heavy atom. The van der Waals surface area contributed by atoms with E-state index in [9.17, 15) is 0 Å². The third-order valence-corrected chi connectivity index (χ3v) is 4.50. The highest BCUT2D eigenvalue weighted by atomic mass is 35.5. The number of nitrogens with zero attached hydrogens (tertiary/aromatic N) is 2. The molecule has 0 aliphatic carbocycles. The Kier molecular flexibility index (Phi) is 4.02. The summed E-state index contributed by atoms with van der Waals surface area (Å²) in [5.41, 5.74) is 15.3. The van der Waals surface area contributed by atoms with Gasteiger partial charge in [0.15, 0.2) is 0 Å². The fourth-order valence-electron chi connectivity index (χ4n) is 3.01. The van der Waals surface area contributed by atoms with Gasteiger partial charge in [-0.3, -0.25) is 4.98 Å². The van der Waals surface area contributed by atoms with Gasteiger partial charge in [0.1, 0.15) is 0 Å². The van der Waals surface area contributed by atoms with Gasteiger partial charge in [-0.2, -0.15) is 0 Å². The summed E-state index contributed by atoms with van der Waals surface area (Å²) in [6, 6.07) is 6.12. The molecule has 0 radical (unpaired) electrons. The topological polar surface area (TPSA) is 68.2 Å². The van der Waals surface area contributed by atoms with Crippen LogP contribution in [0.3, 0.4) is 0 Å². The number of nitrogens with two attached hydrogens (primary N) is 2. The van der Waals surface area contributed by atoms with Crippen molar-refractivity contribution in [3.05, 3.63) is 35.0 Å². The summed E-state index contributed by atoms with van der Waals surface area (Å²) in [4.78, 5) is 6.92. The van der Waals surface area contributed by atoms with Gasteiger partial charge in [-0.05, 0) is 43.5 Å². The second-order valence-corrected chi connectivity index (χ2v) is 6.22. The summed E-state index contributed by atoms with van der Waals surface area (Å²) in [5, 5.41) is 1.69. The Bertz CT molecular complexity index is 648. The van der Waals surface area contributed by atoms with E-state index in [2.05, 4.69) is 9.88 Å². The number of benzene rings is 1. The maximum atomic E-state index is 6.41. The van der Waals surface area contributed by atoms with Crippen molar-refractivity contribution in [2.75, 3.05) is 18.0 Å². The van der Waals surface area contributed by atoms with Crippen LogP contribution < -0.4 is 16.4 Å². The minimum Gasteiger partial charge on any atom is -0.369 e. The monoisotopic (exact) mass is 304 g/mol. The molecule has 1 fully saturated rings. The van der Waals surface area contributed by atoms with Crippen molar-refractivity contribution in [1.82, 2.24) is 4.98 Å². The number of aromatic nitrogens is 1. The van der Waals surface area contributed by atoms with Gasteiger partial charge in [0, 0.05) is 36.8 Å². The van der Waals surface area contributed by atoms with Crippen molar-refractivity contribution in [3.8, 4) is 0 Å². The molecule has 1 unspecified atom stereocenters. The first-order valence-corrected chi connectivity index (χ1v) is 7.79. The number of anilines is 1. The predicted molar refractivity (Wildman–Crippen MR) is 88.8 cm³/mol. The molecule has 112 valence electrons. The third-order valence-electron chi connectivity index (χ3n) is 4.19. The minimum atomic E-state index is -0.0838. The van der Waals surface area contributed by atoms with Crippen molar-refractivity contribution in [1.29, 1.82) is 0 Å². The van der Waals surface area contributed by atoms with Crippen molar-refractivity contribution >= 4 is 28.2 Å². The minimum absolute atomic E-state index is 0.0838. The summed E-state index contributed by atoms with van der Waals surface area (Å²) in [6.45, 7) is 3.86. The lowest BCUT2D eigenvalue weighted by atomic mass is 9.99. The fourth-order valence-corrected chi connectivity index (χ4v) is 3.28. The molecule has 3 rings (SSSR count). The first kappa shape index (κ1) is 14.6. The number of rotatable bonds is 2. The Labute approximate surface area is 130 Å². The van der Waals surface area contributed by atoms with Gasteiger partial charge in [-0.1, -0.05) is 11.6 Å². The van der Waals surface area contributed by atoms with Crippen molar-refractivity contribution < 1.29 is 0 Å². The fraction of sp³-hybridized carbons (Fsp3) is 0.438. The lowest BCUT2D eigenvalue weighted by molar-refractivity contribution is 0.500. The van der Waals surface area contributed by atoms with Gasteiger partial charge in [0.05, 0.1) is 16.2 Å². The molecule has 0 bridgehead atoms. The van der Waals surface area contributed by atoms with E-state index in [0.29, 0.717) is 11.1 Å². The zero-order valence-corrected chi connectivity index (χ0v) is 13.0. The number of halogens is 1. The normalized spacial score (nSPS) is 18.2. The number of hydrogen-bond acceptors (Lipinski definition) is 4. The Morgan fingerprint density at radius 2 is 2.10 bits per heavy atom. The van der Waals surface area contributed by atoms with Crippen LogP contribution in [0, 0.1) is 0 Å². The Balaban J connectivity index is 2.18. The molecule has 1 aliphatic rings. The molecule has 1 saturated heterocycles. The van der Waals surface area contributed by atoms with Crippen LogP contribution in [0.5, 0.6) is 0 Å². The Morgan fingerprint density at radius 3 is 2.76 bits per heavy atom.